The van der Waals surface area contributed by atoms with Crippen molar-refractivity contribution in [2.24, 2.45) is 0 Å². The highest BCUT2D eigenvalue weighted by Gasteiger charge is 2.34. The fourth-order valence-corrected chi connectivity index (χ4v) is 3.37. The molecule has 0 aliphatic heterocycles. The van der Waals surface area contributed by atoms with Gasteiger partial charge >= 0.3 is 18.4 Å². The summed E-state index contributed by atoms with van der Waals surface area (Å²) in [6.45, 7) is 9.04. The average Bonchev–Trinajstić information content (AvgIpc) is 2.86. The Morgan fingerprint density at radius 3 is 1.93 bits per heavy atom. The fourth-order valence-electron chi connectivity index (χ4n) is 3.37. The number of halogens is 4. The molecule has 0 bridgehead atoms. The number of rotatable bonds is 7. The summed E-state index contributed by atoms with van der Waals surface area (Å²) in [5.41, 5.74) is -2.87. The molecule has 44 heavy (non-hydrogen) atoms. The van der Waals surface area contributed by atoms with Gasteiger partial charge in [0.25, 0.3) is 0 Å². The Kier molecular flexibility index (Phi) is 10.0. The van der Waals surface area contributed by atoms with E-state index in [4.69, 9.17) is 9.47 Å². The molecule has 3 aromatic rings. The molecule has 0 fully saturated rings. The van der Waals surface area contributed by atoms with Crippen LogP contribution < -0.4 is 20.9 Å². The van der Waals surface area contributed by atoms with Crippen LogP contribution in [0.1, 0.15) is 47.1 Å². The highest BCUT2D eigenvalue weighted by atomic mass is 19.4. The van der Waals surface area contributed by atoms with Gasteiger partial charge in [-0.2, -0.15) is 28.0 Å². The number of hydrogen-bond donors (Lipinski definition) is 3. The zero-order chi connectivity index (χ0) is 32.9. The van der Waals surface area contributed by atoms with E-state index < -0.39 is 53.4 Å². The maximum absolute atomic E-state index is 14.0. The highest BCUT2D eigenvalue weighted by Crippen LogP contribution is 2.31. The summed E-state index contributed by atoms with van der Waals surface area (Å²) in [6.07, 6.45) is -6.85. The first-order valence-corrected chi connectivity index (χ1v) is 13.2. The van der Waals surface area contributed by atoms with E-state index in [0.29, 0.717) is 4.90 Å². The van der Waals surface area contributed by atoms with Crippen molar-refractivity contribution in [2.45, 2.75) is 58.9 Å². The Balaban J connectivity index is 2.00. The third kappa shape index (κ3) is 10.1. The summed E-state index contributed by atoms with van der Waals surface area (Å²) >= 11 is 0. The van der Waals surface area contributed by atoms with Gasteiger partial charge in [0.15, 0.2) is 5.82 Å². The summed E-state index contributed by atoms with van der Waals surface area (Å²) in [5.74, 6) is -2.03. The van der Waals surface area contributed by atoms with Gasteiger partial charge in [-0.15, -0.1) is 0 Å². The predicted molar refractivity (Wildman–Crippen MR) is 155 cm³/mol. The molecular formula is C29H32F4N6O5. The van der Waals surface area contributed by atoms with Gasteiger partial charge in [0, 0.05) is 11.8 Å². The van der Waals surface area contributed by atoms with Crippen molar-refractivity contribution in [3.8, 4) is 0 Å². The van der Waals surface area contributed by atoms with Gasteiger partial charge in [-0.3, -0.25) is 4.79 Å². The first-order chi connectivity index (χ1) is 20.3. The van der Waals surface area contributed by atoms with Crippen molar-refractivity contribution in [1.29, 1.82) is 0 Å². The number of amides is 3. The molecule has 3 amide bonds. The van der Waals surface area contributed by atoms with E-state index in [9.17, 15) is 31.9 Å². The largest absolute Gasteiger partial charge is 0.443 e. The van der Waals surface area contributed by atoms with Crippen LogP contribution in [0, 0.1) is 5.82 Å². The molecule has 0 saturated heterocycles. The van der Waals surface area contributed by atoms with Gasteiger partial charge in [-0.25, -0.2) is 14.0 Å². The summed E-state index contributed by atoms with van der Waals surface area (Å²) in [6, 6.07) is 10.6. The van der Waals surface area contributed by atoms with Crippen molar-refractivity contribution in [3.05, 3.63) is 66.0 Å². The molecule has 3 N–H and O–H groups in total. The highest BCUT2D eigenvalue weighted by molar-refractivity contribution is 6.09. The van der Waals surface area contributed by atoms with Crippen LogP contribution in [0.3, 0.4) is 0 Å². The van der Waals surface area contributed by atoms with E-state index in [1.54, 1.807) is 41.5 Å². The Labute approximate surface area is 251 Å². The first-order valence-electron chi connectivity index (χ1n) is 13.2. The topological polar surface area (TPSA) is 135 Å². The number of nitrogens with zero attached hydrogens (tertiary/aromatic N) is 3. The van der Waals surface area contributed by atoms with Crippen LogP contribution in [0.5, 0.6) is 0 Å². The summed E-state index contributed by atoms with van der Waals surface area (Å²) in [7, 11) is 0. The number of aromatic nitrogens is 2. The zero-order valence-corrected chi connectivity index (χ0v) is 24.8. The third-order valence-corrected chi connectivity index (χ3v) is 5.14. The molecular weight excluding hydrogens is 588 g/mol. The molecule has 0 aliphatic carbocycles. The molecule has 0 radical (unpaired) electrons. The lowest BCUT2D eigenvalue weighted by atomic mass is 10.2. The van der Waals surface area contributed by atoms with Crippen LogP contribution in [0.25, 0.3) is 0 Å². The SMILES string of the molecule is CC(C)(C)OC(=O)N(C(=O)OC(C)(C)C)c1cc(NCC(=O)Nc2ccccc2F)nc(Nc2ccc(C(F)(F)F)cc2)n1. The fraction of sp³-hybridized carbons (Fsp3) is 0.345. The summed E-state index contributed by atoms with van der Waals surface area (Å²) in [5, 5.41) is 7.81. The quantitative estimate of drug-likeness (QED) is 0.236. The van der Waals surface area contributed by atoms with Crippen molar-refractivity contribution in [1.82, 2.24) is 9.97 Å². The van der Waals surface area contributed by atoms with Gasteiger partial charge in [0.2, 0.25) is 11.9 Å². The normalized spacial score (nSPS) is 11.8. The number of nitrogens with one attached hydrogen (secondary N) is 3. The first kappa shape index (κ1) is 33.6. The van der Waals surface area contributed by atoms with Crippen molar-refractivity contribution in [3.63, 3.8) is 0 Å². The molecule has 0 unspecified atom stereocenters. The van der Waals surface area contributed by atoms with Gasteiger partial charge in [-0.1, -0.05) is 12.1 Å². The van der Waals surface area contributed by atoms with Crippen molar-refractivity contribution >= 4 is 47.1 Å². The van der Waals surface area contributed by atoms with Crippen LogP contribution >= 0.6 is 0 Å². The maximum atomic E-state index is 14.0. The number of hydrogen-bond acceptors (Lipinski definition) is 9. The molecule has 236 valence electrons. The molecule has 0 atom stereocenters. The van der Waals surface area contributed by atoms with Gasteiger partial charge in [-0.05, 0) is 77.9 Å². The number of benzene rings is 2. The molecule has 3 rings (SSSR count). The average molecular weight is 621 g/mol. The van der Waals surface area contributed by atoms with E-state index in [1.807, 2.05) is 0 Å². The second-order valence-corrected chi connectivity index (χ2v) is 11.3. The van der Waals surface area contributed by atoms with Crippen molar-refractivity contribution in [2.75, 3.05) is 27.4 Å². The lowest BCUT2D eigenvalue weighted by Gasteiger charge is -2.28. The van der Waals surface area contributed by atoms with E-state index in [-0.39, 0.29) is 29.0 Å². The minimum atomic E-state index is -4.56. The number of carbonyl (C=O) groups is 3. The van der Waals surface area contributed by atoms with Gasteiger partial charge in [0.05, 0.1) is 17.8 Å². The number of para-hydroxylation sites is 1. The molecule has 15 heteroatoms. The molecule has 1 aromatic heterocycles. The second-order valence-electron chi connectivity index (χ2n) is 11.3. The molecule has 0 spiro atoms. The maximum Gasteiger partial charge on any atom is 0.425 e. The number of alkyl halides is 3. The Morgan fingerprint density at radius 2 is 1.41 bits per heavy atom. The van der Waals surface area contributed by atoms with Gasteiger partial charge in [0.1, 0.15) is 22.8 Å². The summed E-state index contributed by atoms with van der Waals surface area (Å²) in [4.78, 5) is 47.8. The molecule has 0 saturated carbocycles. The van der Waals surface area contributed by atoms with Crippen LogP contribution in [0.15, 0.2) is 54.6 Å². The molecule has 2 aromatic carbocycles. The number of imide groups is 1. The Bertz CT molecular complexity index is 1470. The number of ether oxygens (including phenoxy) is 2. The second kappa shape index (κ2) is 13.1. The lowest BCUT2D eigenvalue weighted by molar-refractivity contribution is -0.137. The molecule has 0 aliphatic rings. The van der Waals surface area contributed by atoms with Crippen molar-refractivity contribution < 1.29 is 41.4 Å². The van der Waals surface area contributed by atoms with Gasteiger partial charge < -0.3 is 25.4 Å². The van der Waals surface area contributed by atoms with Crippen LogP contribution in [-0.2, 0) is 20.4 Å². The monoisotopic (exact) mass is 620 g/mol. The predicted octanol–water partition coefficient (Wildman–Crippen LogP) is 7.11. The Hall–Kier alpha value is -4.95. The third-order valence-electron chi connectivity index (χ3n) is 5.14. The zero-order valence-electron chi connectivity index (χ0n) is 24.8. The minimum absolute atomic E-state index is 0.0617. The minimum Gasteiger partial charge on any atom is -0.443 e. The van der Waals surface area contributed by atoms with E-state index in [2.05, 4.69) is 25.9 Å². The Morgan fingerprint density at radius 1 is 0.841 bits per heavy atom. The van der Waals surface area contributed by atoms with E-state index >= 15 is 0 Å². The standard InChI is InChI=1S/C29H32F4N6O5/c1-27(2,3)43-25(41)39(26(42)44-28(4,5)6)22-15-21(34-16-23(40)36-20-10-8-7-9-19(20)30)37-24(38-22)35-18-13-11-17(12-14-18)29(31,32)33/h7-15H,16H2,1-6H3,(H,36,40)(H2,34,35,37,38). The van der Waals surface area contributed by atoms with E-state index in [1.165, 1.54) is 24.3 Å². The summed E-state index contributed by atoms with van der Waals surface area (Å²) < 4.78 is 63.9. The number of anilines is 5. The van der Waals surface area contributed by atoms with Crippen LogP contribution in [0.2, 0.25) is 0 Å². The van der Waals surface area contributed by atoms with E-state index in [0.717, 1.165) is 30.3 Å². The number of carbonyl (C=O) groups excluding carboxylic acids is 3. The van der Waals surface area contributed by atoms with Crippen LogP contribution in [0.4, 0.5) is 56.1 Å². The smallest absolute Gasteiger partial charge is 0.425 e. The van der Waals surface area contributed by atoms with Crippen LogP contribution in [-0.4, -0.2) is 45.8 Å². The molecule has 1 heterocycles. The lowest BCUT2D eigenvalue weighted by Crippen LogP contribution is -2.44. The molecule has 11 nitrogen and oxygen atoms in total.